The highest BCUT2D eigenvalue weighted by atomic mass is 16.4. The fourth-order valence-corrected chi connectivity index (χ4v) is 3.70. The number of hydrogen-bond donors (Lipinski definition) is 4. The molecule has 8 bridgehead atoms. The molecular weight excluding hydrogens is 456 g/mol. The molecule has 5 heterocycles. The van der Waals surface area contributed by atoms with E-state index in [1.165, 1.54) is 24.3 Å². The Bertz CT molecular complexity index is 1480. The number of hydrogen-bond acceptors (Lipinski definition) is 4. The minimum atomic E-state index is -1.06. The third kappa shape index (κ3) is 5.28. The molecule has 0 unspecified atom stereocenters. The molecule has 0 radical (unpaired) electrons. The molecule has 0 aliphatic carbocycles. The van der Waals surface area contributed by atoms with Crippen molar-refractivity contribution in [3.8, 4) is 0 Å². The molecule has 36 heavy (non-hydrogen) atoms. The molecule has 3 aromatic heterocycles. The number of H-pyrrole nitrogens is 2. The van der Waals surface area contributed by atoms with Crippen LogP contribution in [0.25, 0.3) is 46.4 Å². The summed E-state index contributed by atoms with van der Waals surface area (Å²) >= 11 is 0. The summed E-state index contributed by atoms with van der Waals surface area (Å²) in [5.41, 5.74) is 8.03. The van der Waals surface area contributed by atoms with E-state index in [4.69, 9.17) is 10.2 Å². The number of aromatic carboxylic acids is 2. The molecule has 4 N–H and O–H groups in total. The van der Waals surface area contributed by atoms with Gasteiger partial charge >= 0.3 is 11.9 Å². The van der Waals surface area contributed by atoms with Gasteiger partial charge in [-0.15, -0.1) is 0 Å². The van der Waals surface area contributed by atoms with Gasteiger partial charge in [0.2, 0.25) is 0 Å². The van der Waals surface area contributed by atoms with Crippen molar-refractivity contribution in [2.45, 2.75) is 0 Å². The molecular formula is C28H20N4O4. The molecule has 2 aliphatic heterocycles. The number of nitrogens with zero attached hydrogens (tertiary/aromatic N) is 2. The Morgan fingerprint density at radius 1 is 0.500 bits per heavy atom. The predicted molar refractivity (Wildman–Crippen MR) is 139 cm³/mol. The molecule has 176 valence electrons. The van der Waals surface area contributed by atoms with Gasteiger partial charge in [0.15, 0.2) is 0 Å². The molecule has 2 aliphatic rings. The molecule has 0 amide bonds. The summed E-state index contributed by atoms with van der Waals surface area (Å²) in [5, 5.41) is 16.9. The van der Waals surface area contributed by atoms with Crippen LogP contribution in [0, 0.1) is 0 Å². The van der Waals surface area contributed by atoms with E-state index in [-0.39, 0.29) is 11.1 Å². The molecule has 8 nitrogen and oxygen atoms in total. The first-order chi connectivity index (χ1) is 17.4. The van der Waals surface area contributed by atoms with E-state index in [0.717, 1.165) is 44.8 Å². The Kier molecular flexibility index (Phi) is 5.98. The van der Waals surface area contributed by atoms with Gasteiger partial charge < -0.3 is 20.2 Å². The number of aromatic nitrogens is 4. The van der Waals surface area contributed by atoms with E-state index in [2.05, 4.69) is 44.2 Å². The van der Waals surface area contributed by atoms with Gasteiger partial charge in [0, 0.05) is 22.1 Å². The first-order valence-corrected chi connectivity index (χ1v) is 11.0. The summed E-state index contributed by atoms with van der Waals surface area (Å²) in [6.07, 6.45) is 8.09. The fourth-order valence-electron chi connectivity index (χ4n) is 3.70. The Morgan fingerprint density at radius 2 is 0.778 bits per heavy atom. The predicted octanol–water partition coefficient (Wildman–Crippen LogP) is 5.74. The van der Waals surface area contributed by atoms with Crippen molar-refractivity contribution in [3.05, 3.63) is 107 Å². The van der Waals surface area contributed by atoms with Crippen LogP contribution in [0.15, 0.2) is 72.8 Å². The third-order valence-electron chi connectivity index (χ3n) is 5.42. The summed E-state index contributed by atoms with van der Waals surface area (Å²) < 4.78 is 0. The summed E-state index contributed by atoms with van der Waals surface area (Å²) in [5.74, 6) is -2.13. The number of benzene rings is 1. The second-order valence-electron chi connectivity index (χ2n) is 8.09. The summed E-state index contributed by atoms with van der Waals surface area (Å²) in [7, 11) is 0. The molecule has 4 aromatic rings. The van der Waals surface area contributed by atoms with E-state index in [1.807, 2.05) is 48.6 Å². The van der Waals surface area contributed by atoms with Crippen molar-refractivity contribution in [2.75, 3.05) is 0 Å². The van der Waals surface area contributed by atoms with Crippen molar-refractivity contribution >= 4 is 58.3 Å². The zero-order valence-corrected chi connectivity index (χ0v) is 18.8. The van der Waals surface area contributed by atoms with E-state index in [0.29, 0.717) is 0 Å². The minimum absolute atomic E-state index is 0.0833. The van der Waals surface area contributed by atoms with Crippen LogP contribution in [-0.4, -0.2) is 42.1 Å². The summed E-state index contributed by atoms with van der Waals surface area (Å²) in [4.78, 5) is 36.7. The second kappa shape index (κ2) is 9.55. The van der Waals surface area contributed by atoms with E-state index < -0.39 is 11.9 Å². The number of nitrogens with one attached hydrogen (secondary N) is 2. The monoisotopic (exact) mass is 476 g/mol. The number of carbonyl (C=O) groups is 2. The maximum absolute atomic E-state index is 10.3. The topological polar surface area (TPSA) is 132 Å². The Balaban J connectivity index is 0.000000189. The van der Waals surface area contributed by atoms with Crippen molar-refractivity contribution in [1.82, 2.24) is 19.9 Å². The average Bonchev–Trinajstić information content (AvgIpc) is 3.66. The van der Waals surface area contributed by atoms with Crippen LogP contribution in [0.3, 0.4) is 0 Å². The molecule has 0 atom stereocenters. The number of carboxylic acids is 2. The highest BCUT2D eigenvalue weighted by molar-refractivity contribution is 5.91. The lowest BCUT2D eigenvalue weighted by atomic mass is 10.1. The summed E-state index contributed by atoms with van der Waals surface area (Å²) in [6.45, 7) is 0. The van der Waals surface area contributed by atoms with Crippen molar-refractivity contribution < 1.29 is 19.8 Å². The van der Waals surface area contributed by atoms with Crippen molar-refractivity contribution in [3.63, 3.8) is 0 Å². The normalized spacial score (nSPS) is 11.6. The Morgan fingerprint density at radius 3 is 1.03 bits per heavy atom. The lowest BCUT2D eigenvalue weighted by molar-refractivity contribution is 0.0681. The van der Waals surface area contributed by atoms with Gasteiger partial charge in [0.25, 0.3) is 0 Å². The maximum Gasteiger partial charge on any atom is 0.335 e. The number of carboxylic acid groups (broad SMARTS) is 2. The minimum Gasteiger partial charge on any atom is -0.478 e. The van der Waals surface area contributed by atoms with Gasteiger partial charge in [-0.2, -0.15) is 0 Å². The quantitative estimate of drug-likeness (QED) is 0.252. The Hall–Kier alpha value is -5.24. The highest BCUT2D eigenvalue weighted by Crippen LogP contribution is 2.17. The molecule has 0 saturated heterocycles. The van der Waals surface area contributed by atoms with Crippen LogP contribution in [0.2, 0.25) is 0 Å². The van der Waals surface area contributed by atoms with Crippen LogP contribution >= 0.6 is 0 Å². The van der Waals surface area contributed by atoms with Crippen LogP contribution in [0.4, 0.5) is 0 Å². The summed E-state index contributed by atoms with van der Waals surface area (Å²) in [6, 6.07) is 21.4. The zero-order valence-electron chi connectivity index (χ0n) is 18.8. The molecule has 6 rings (SSSR count). The van der Waals surface area contributed by atoms with Crippen LogP contribution < -0.4 is 0 Å². The van der Waals surface area contributed by atoms with Gasteiger partial charge in [-0.05, 0) is 97.1 Å². The van der Waals surface area contributed by atoms with E-state index >= 15 is 0 Å². The maximum atomic E-state index is 10.3. The van der Waals surface area contributed by atoms with Gasteiger partial charge in [0.05, 0.1) is 33.9 Å². The standard InChI is InChI=1S/C20H14N4.C8H6O4/c1-2-14-10-16-5-6-18(23-16)12-20-8-7-19(24-20)11-17-4-3-15(22-17)9-13(1)21-14;9-7(10)5-1-2-6(4-3-5)8(11)12/h1-12,21,24H;1-4H,(H,9,10)(H,11,12). The fraction of sp³-hybridized carbons (Fsp3) is 0. The zero-order chi connectivity index (χ0) is 25.1. The molecule has 8 heteroatoms. The molecule has 0 saturated carbocycles. The lowest BCUT2D eigenvalue weighted by Gasteiger charge is -1.94. The largest absolute Gasteiger partial charge is 0.478 e. The first-order valence-electron chi connectivity index (χ1n) is 11.0. The second-order valence-corrected chi connectivity index (χ2v) is 8.09. The number of rotatable bonds is 2. The van der Waals surface area contributed by atoms with E-state index in [9.17, 15) is 9.59 Å². The highest BCUT2D eigenvalue weighted by Gasteiger charge is 2.05. The van der Waals surface area contributed by atoms with E-state index in [1.54, 1.807) is 0 Å². The number of fused-ring (bicyclic) bond motifs is 8. The van der Waals surface area contributed by atoms with Gasteiger partial charge in [-0.1, -0.05) is 0 Å². The molecule has 0 fully saturated rings. The third-order valence-corrected chi connectivity index (χ3v) is 5.42. The smallest absolute Gasteiger partial charge is 0.335 e. The first kappa shape index (κ1) is 22.5. The molecule has 1 aromatic carbocycles. The van der Waals surface area contributed by atoms with Crippen LogP contribution in [0.5, 0.6) is 0 Å². The SMILES string of the molecule is C1=Cc2cc3ccc(cc4nc(cc5ccc(cc1n2)[nH]5)C=C4)[nH]3.O=C(O)c1ccc(C(=O)O)cc1. The average molecular weight is 476 g/mol. The van der Waals surface area contributed by atoms with Gasteiger partial charge in [-0.25, -0.2) is 19.6 Å². The van der Waals surface area contributed by atoms with Crippen molar-refractivity contribution in [1.29, 1.82) is 0 Å². The van der Waals surface area contributed by atoms with Crippen LogP contribution in [0.1, 0.15) is 43.5 Å². The van der Waals surface area contributed by atoms with Gasteiger partial charge in [0.1, 0.15) is 0 Å². The Labute approximate surface area is 205 Å². The molecule has 0 spiro atoms. The lowest BCUT2D eigenvalue weighted by Crippen LogP contribution is -1.99. The van der Waals surface area contributed by atoms with Gasteiger partial charge in [-0.3, -0.25) is 0 Å². The van der Waals surface area contributed by atoms with Crippen molar-refractivity contribution in [2.24, 2.45) is 0 Å². The van der Waals surface area contributed by atoms with Crippen LogP contribution in [-0.2, 0) is 0 Å². The number of aromatic amines is 2.